The molecule has 4 heteroatoms. The van der Waals surface area contributed by atoms with E-state index in [4.69, 9.17) is 11.6 Å². The van der Waals surface area contributed by atoms with E-state index >= 15 is 0 Å². The minimum Gasteiger partial charge on any atom is -0.385 e. The largest absolute Gasteiger partial charge is 0.385 e. The van der Waals surface area contributed by atoms with E-state index < -0.39 is 11.4 Å². The van der Waals surface area contributed by atoms with E-state index in [1.54, 1.807) is 18.2 Å². The molecule has 0 saturated heterocycles. The van der Waals surface area contributed by atoms with Crippen molar-refractivity contribution in [1.82, 2.24) is 0 Å². The summed E-state index contributed by atoms with van der Waals surface area (Å²) in [7, 11) is 0. The van der Waals surface area contributed by atoms with Gasteiger partial charge in [0.15, 0.2) is 0 Å². The van der Waals surface area contributed by atoms with Crippen LogP contribution in [0.3, 0.4) is 0 Å². The third-order valence-electron chi connectivity index (χ3n) is 3.94. The lowest BCUT2D eigenvalue weighted by Gasteiger charge is -2.25. The third-order valence-corrected chi connectivity index (χ3v) is 4.29. The van der Waals surface area contributed by atoms with Crippen LogP contribution in [0.5, 0.6) is 0 Å². The fraction of sp³-hybridized carbons (Fsp3) is 0.250. The van der Waals surface area contributed by atoms with E-state index in [1.807, 2.05) is 0 Å². The Morgan fingerprint density at radius 3 is 2.55 bits per heavy atom. The summed E-state index contributed by atoms with van der Waals surface area (Å²) in [4.78, 5) is 0. The molecule has 0 aromatic heterocycles. The first kappa shape index (κ1) is 13.5. The van der Waals surface area contributed by atoms with Crippen LogP contribution in [0.4, 0.5) is 8.78 Å². The molecular weight excluding hydrogens is 282 g/mol. The van der Waals surface area contributed by atoms with Crippen molar-refractivity contribution in [2.45, 2.75) is 24.9 Å². The summed E-state index contributed by atoms with van der Waals surface area (Å²) in [6.45, 7) is 0. The van der Waals surface area contributed by atoms with Crippen LogP contribution in [-0.2, 0) is 18.4 Å². The van der Waals surface area contributed by atoms with Crippen LogP contribution in [0.1, 0.15) is 23.1 Å². The van der Waals surface area contributed by atoms with E-state index in [0.717, 1.165) is 0 Å². The maximum absolute atomic E-state index is 13.9. The summed E-state index contributed by atoms with van der Waals surface area (Å²) in [5, 5.41) is 11.1. The second kappa shape index (κ2) is 4.83. The van der Waals surface area contributed by atoms with Gasteiger partial charge in [-0.25, -0.2) is 8.78 Å². The van der Waals surface area contributed by atoms with Gasteiger partial charge in [0.25, 0.3) is 0 Å². The lowest BCUT2D eigenvalue weighted by Crippen LogP contribution is -2.26. The van der Waals surface area contributed by atoms with Crippen molar-refractivity contribution in [3.8, 4) is 0 Å². The van der Waals surface area contributed by atoms with E-state index in [1.165, 1.54) is 18.2 Å². The molecule has 0 radical (unpaired) electrons. The quantitative estimate of drug-likeness (QED) is 0.888. The summed E-state index contributed by atoms with van der Waals surface area (Å²) < 4.78 is 27.6. The Kier molecular flexibility index (Phi) is 3.27. The van der Waals surface area contributed by atoms with Crippen molar-refractivity contribution in [3.63, 3.8) is 0 Å². The molecule has 1 aliphatic carbocycles. The molecule has 0 bridgehead atoms. The Balaban J connectivity index is 2.03. The first-order valence-corrected chi connectivity index (χ1v) is 6.82. The van der Waals surface area contributed by atoms with Crippen molar-refractivity contribution in [3.05, 3.63) is 69.7 Å². The van der Waals surface area contributed by atoms with Gasteiger partial charge in [-0.2, -0.15) is 0 Å². The lowest BCUT2D eigenvalue weighted by molar-refractivity contribution is 0.0381. The maximum atomic E-state index is 13.9. The molecule has 0 saturated carbocycles. The highest BCUT2D eigenvalue weighted by Crippen LogP contribution is 2.41. The Morgan fingerprint density at radius 2 is 1.80 bits per heavy atom. The molecule has 1 N–H and O–H groups in total. The molecule has 2 aromatic carbocycles. The van der Waals surface area contributed by atoms with Crippen molar-refractivity contribution >= 4 is 11.6 Å². The highest BCUT2D eigenvalue weighted by Gasteiger charge is 2.39. The van der Waals surface area contributed by atoms with Gasteiger partial charge < -0.3 is 5.11 Å². The molecule has 0 aliphatic heterocycles. The number of hydrogen-bond acceptors (Lipinski definition) is 1. The Bertz CT molecular complexity index is 651. The van der Waals surface area contributed by atoms with Crippen LogP contribution in [0.15, 0.2) is 36.4 Å². The van der Waals surface area contributed by atoms with Crippen LogP contribution >= 0.6 is 11.6 Å². The van der Waals surface area contributed by atoms with Crippen molar-refractivity contribution in [1.29, 1.82) is 0 Å². The average Bonchev–Trinajstić information content (AvgIpc) is 2.74. The summed E-state index contributed by atoms with van der Waals surface area (Å²) >= 11 is 6.00. The highest BCUT2D eigenvalue weighted by atomic mass is 35.5. The number of halogens is 3. The zero-order valence-corrected chi connectivity index (χ0v) is 11.4. The van der Waals surface area contributed by atoms with Gasteiger partial charge in [-0.05, 0) is 42.2 Å². The summed E-state index contributed by atoms with van der Waals surface area (Å²) in [6.07, 6.45) is 0.869. The minimum absolute atomic E-state index is 0.0506. The average molecular weight is 295 g/mol. The van der Waals surface area contributed by atoms with Crippen molar-refractivity contribution < 1.29 is 13.9 Å². The topological polar surface area (TPSA) is 20.2 Å². The van der Waals surface area contributed by atoms with Crippen LogP contribution < -0.4 is 0 Å². The molecule has 104 valence electrons. The van der Waals surface area contributed by atoms with E-state index in [0.29, 0.717) is 24.0 Å². The molecule has 0 fully saturated rings. The fourth-order valence-electron chi connectivity index (χ4n) is 2.89. The second-order valence-corrected chi connectivity index (χ2v) is 5.58. The Hall–Kier alpha value is -1.45. The maximum Gasteiger partial charge on any atom is 0.128 e. The molecular formula is C16H13ClF2O. The lowest BCUT2D eigenvalue weighted by atomic mass is 9.88. The standard InChI is InChI=1S/C16H13ClF2O/c17-13-4-2-6-15(19)11(13)9-16(20)8-7-10-12(16)3-1-5-14(10)18/h1-6,20H,7-9H2. The molecule has 1 aliphatic rings. The molecule has 2 aromatic rings. The molecule has 0 heterocycles. The number of aliphatic hydroxyl groups is 1. The molecule has 1 unspecified atom stereocenters. The minimum atomic E-state index is -1.26. The molecule has 20 heavy (non-hydrogen) atoms. The van der Waals surface area contributed by atoms with Gasteiger partial charge in [0.05, 0.1) is 5.60 Å². The summed E-state index contributed by atoms with van der Waals surface area (Å²) in [5.41, 5.74) is 0.0663. The van der Waals surface area contributed by atoms with Gasteiger partial charge in [0, 0.05) is 17.0 Å². The smallest absolute Gasteiger partial charge is 0.128 e. The SMILES string of the molecule is OC1(Cc2c(F)cccc2Cl)CCc2c(F)cccc21. The Labute approximate surface area is 120 Å². The fourth-order valence-corrected chi connectivity index (χ4v) is 3.12. The van der Waals surface area contributed by atoms with Crippen molar-refractivity contribution in [2.75, 3.05) is 0 Å². The molecule has 0 spiro atoms. The van der Waals surface area contributed by atoms with Gasteiger partial charge in [0.2, 0.25) is 0 Å². The molecule has 1 atom stereocenters. The Morgan fingerprint density at radius 1 is 1.10 bits per heavy atom. The first-order chi connectivity index (χ1) is 9.51. The number of benzene rings is 2. The zero-order valence-electron chi connectivity index (χ0n) is 10.7. The van der Waals surface area contributed by atoms with Gasteiger partial charge in [-0.3, -0.25) is 0 Å². The third kappa shape index (κ3) is 2.11. The predicted molar refractivity (Wildman–Crippen MR) is 73.7 cm³/mol. The van der Waals surface area contributed by atoms with E-state index in [2.05, 4.69) is 0 Å². The van der Waals surface area contributed by atoms with Crippen LogP contribution in [-0.4, -0.2) is 5.11 Å². The first-order valence-electron chi connectivity index (χ1n) is 6.44. The van der Waals surface area contributed by atoms with Crippen molar-refractivity contribution in [2.24, 2.45) is 0 Å². The zero-order chi connectivity index (χ0) is 14.3. The summed E-state index contributed by atoms with van der Waals surface area (Å²) in [6, 6.07) is 9.05. The van der Waals surface area contributed by atoms with Gasteiger partial charge in [-0.1, -0.05) is 29.8 Å². The second-order valence-electron chi connectivity index (χ2n) is 5.17. The molecule has 0 amide bonds. The number of rotatable bonds is 2. The normalized spacial score (nSPS) is 21.0. The van der Waals surface area contributed by atoms with Crippen LogP contribution in [0.25, 0.3) is 0 Å². The highest BCUT2D eigenvalue weighted by molar-refractivity contribution is 6.31. The summed E-state index contributed by atoms with van der Waals surface area (Å²) in [5.74, 6) is -0.770. The molecule has 3 rings (SSSR count). The number of fused-ring (bicyclic) bond motifs is 1. The van der Waals surface area contributed by atoms with Gasteiger partial charge in [-0.15, -0.1) is 0 Å². The van der Waals surface area contributed by atoms with E-state index in [9.17, 15) is 13.9 Å². The van der Waals surface area contributed by atoms with Crippen LogP contribution in [0, 0.1) is 11.6 Å². The predicted octanol–water partition coefficient (Wildman–Crippen LogP) is 3.99. The van der Waals surface area contributed by atoms with E-state index in [-0.39, 0.29) is 22.8 Å². The van der Waals surface area contributed by atoms with Crippen LogP contribution in [0.2, 0.25) is 5.02 Å². The van der Waals surface area contributed by atoms with Gasteiger partial charge in [0.1, 0.15) is 11.6 Å². The molecule has 1 nitrogen and oxygen atoms in total. The monoisotopic (exact) mass is 294 g/mol. The number of hydrogen-bond donors (Lipinski definition) is 1. The van der Waals surface area contributed by atoms with Gasteiger partial charge >= 0.3 is 0 Å².